The van der Waals surface area contributed by atoms with Gasteiger partial charge in [-0.15, -0.1) is 5.10 Å². The number of likely N-dealkylation sites (tertiary alicyclic amines) is 1. The largest absolute Gasteiger partial charge is 0.335 e. The average Bonchev–Trinajstić information content (AvgIpc) is 3.22. The minimum Gasteiger partial charge on any atom is -0.335 e. The molecule has 1 saturated heterocycles. The third kappa shape index (κ3) is 2.96. The van der Waals surface area contributed by atoms with E-state index in [-0.39, 0.29) is 18.4 Å². The van der Waals surface area contributed by atoms with Gasteiger partial charge < -0.3 is 4.90 Å². The van der Waals surface area contributed by atoms with E-state index in [4.69, 9.17) is 0 Å². The molecule has 1 unspecified atom stereocenters. The molecule has 3 aromatic rings. The van der Waals surface area contributed by atoms with Gasteiger partial charge in [-0.1, -0.05) is 24.3 Å². The van der Waals surface area contributed by atoms with E-state index in [2.05, 4.69) is 34.1 Å². The van der Waals surface area contributed by atoms with Gasteiger partial charge in [0.2, 0.25) is 5.91 Å². The number of nitrogens with zero attached hydrogens (tertiary/aromatic N) is 5. The monoisotopic (exact) mass is 349 g/mol. The number of carbonyl (C=O) groups is 1. The number of fused-ring (bicyclic) bond motifs is 1. The van der Waals surface area contributed by atoms with E-state index in [1.54, 1.807) is 4.52 Å². The fourth-order valence-electron chi connectivity index (χ4n) is 3.87. The van der Waals surface area contributed by atoms with Crippen molar-refractivity contribution in [2.45, 2.75) is 46.1 Å². The van der Waals surface area contributed by atoms with Gasteiger partial charge in [-0.05, 0) is 50.8 Å². The maximum Gasteiger partial charge on any atom is 0.252 e. The molecular formula is C20H23N5O. The molecule has 4 rings (SSSR count). The molecule has 1 aromatic carbocycles. The maximum absolute atomic E-state index is 13.0. The first kappa shape index (κ1) is 16.7. The Morgan fingerprint density at radius 2 is 2.00 bits per heavy atom. The topological polar surface area (TPSA) is 63.4 Å². The second-order valence-electron chi connectivity index (χ2n) is 7.06. The first-order valence-electron chi connectivity index (χ1n) is 9.08. The zero-order chi connectivity index (χ0) is 18.3. The third-order valence-corrected chi connectivity index (χ3v) is 5.09. The van der Waals surface area contributed by atoms with Crippen LogP contribution in [-0.4, -0.2) is 36.9 Å². The highest BCUT2D eigenvalue weighted by atomic mass is 16.2. The number of hydrogen-bond acceptors (Lipinski definition) is 4. The summed E-state index contributed by atoms with van der Waals surface area (Å²) in [5.74, 6) is 1.18. The fraction of sp³-hybridized carbons (Fsp3) is 0.400. The van der Waals surface area contributed by atoms with Crippen molar-refractivity contribution >= 4 is 11.7 Å². The lowest BCUT2D eigenvalue weighted by Crippen LogP contribution is -2.32. The van der Waals surface area contributed by atoms with E-state index in [0.29, 0.717) is 11.6 Å². The summed E-state index contributed by atoms with van der Waals surface area (Å²) in [7, 11) is 0. The molecule has 0 spiro atoms. The van der Waals surface area contributed by atoms with Crippen LogP contribution in [0.5, 0.6) is 0 Å². The van der Waals surface area contributed by atoms with Gasteiger partial charge in [0.05, 0.1) is 12.5 Å². The molecule has 6 heteroatoms. The lowest BCUT2D eigenvalue weighted by molar-refractivity contribution is -0.131. The molecule has 1 amide bonds. The Kier molecular flexibility index (Phi) is 4.18. The first-order valence-corrected chi connectivity index (χ1v) is 9.08. The summed E-state index contributed by atoms with van der Waals surface area (Å²) in [6.45, 7) is 6.80. The predicted octanol–water partition coefficient (Wildman–Crippen LogP) is 2.96. The summed E-state index contributed by atoms with van der Waals surface area (Å²) in [5, 5.41) is 4.48. The number of amides is 1. The Morgan fingerprint density at radius 1 is 1.19 bits per heavy atom. The van der Waals surface area contributed by atoms with Gasteiger partial charge in [0.25, 0.3) is 5.78 Å². The number of benzene rings is 1. The number of aromatic nitrogens is 4. The molecular weight excluding hydrogens is 326 g/mol. The smallest absolute Gasteiger partial charge is 0.252 e. The molecule has 0 saturated carbocycles. The molecule has 0 bridgehead atoms. The van der Waals surface area contributed by atoms with E-state index in [1.807, 2.05) is 36.9 Å². The van der Waals surface area contributed by atoms with Crippen molar-refractivity contribution in [2.24, 2.45) is 0 Å². The van der Waals surface area contributed by atoms with Crippen molar-refractivity contribution in [3.05, 3.63) is 58.7 Å². The van der Waals surface area contributed by atoms with Gasteiger partial charge in [-0.25, -0.2) is 9.50 Å². The summed E-state index contributed by atoms with van der Waals surface area (Å²) in [6.07, 6.45) is 2.25. The van der Waals surface area contributed by atoms with Crippen molar-refractivity contribution in [3.63, 3.8) is 0 Å². The Bertz CT molecular complexity index is 977. The zero-order valence-corrected chi connectivity index (χ0v) is 15.4. The summed E-state index contributed by atoms with van der Waals surface area (Å²) in [6, 6.07) is 10.4. The summed E-state index contributed by atoms with van der Waals surface area (Å²) in [4.78, 5) is 23.8. The van der Waals surface area contributed by atoms with Gasteiger partial charge in [0.1, 0.15) is 0 Å². The number of carbonyl (C=O) groups excluding carboxylic acids is 1. The quantitative estimate of drug-likeness (QED) is 0.729. The van der Waals surface area contributed by atoms with Crippen molar-refractivity contribution in [1.29, 1.82) is 0 Å². The standard InChI is InChI=1S/C20H23N5O/c1-13-7-4-5-8-16(13)17-9-6-10-24(17)19(26)12-18-22-20-21-14(2)11-15(3)25(20)23-18/h4-5,7-8,11,17H,6,9-10,12H2,1-3H3. The van der Waals surface area contributed by atoms with Gasteiger partial charge >= 0.3 is 0 Å². The molecule has 1 aliphatic rings. The zero-order valence-electron chi connectivity index (χ0n) is 15.4. The molecule has 1 fully saturated rings. The van der Waals surface area contributed by atoms with Crippen LogP contribution in [0.1, 0.15) is 47.2 Å². The van der Waals surface area contributed by atoms with Crippen molar-refractivity contribution in [2.75, 3.05) is 6.54 Å². The van der Waals surface area contributed by atoms with Crippen molar-refractivity contribution < 1.29 is 4.79 Å². The molecule has 26 heavy (non-hydrogen) atoms. The molecule has 0 N–H and O–H groups in total. The van der Waals surface area contributed by atoms with Crippen LogP contribution < -0.4 is 0 Å². The van der Waals surface area contributed by atoms with E-state index in [1.165, 1.54) is 11.1 Å². The Hall–Kier alpha value is -2.76. The highest BCUT2D eigenvalue weighted by molar-refractivity contribution is 5.79. The molecule has 2 aromatic heterocycles. The lowest BCUT2D eigenvalue weighted by Gasteiger charge is -2.26. The summed E-state index contributed by atoms with van der Waals surface area (Å²) < 4.78 is 1.71. The highest BCUT2D eigenvalue weighted by Gasteiger charge is 2.31. The van der Waals surface area contributed by atoms with Crippen LogP contribution in [0, 0.1) is 20.8 Å². The molecule has 134 valence electrons. The van der Waals surface area contributed by atoms with Crippen LogP contribution >= 0.6 is 0 Å². The molecule has 3 heterocycles. The Labute approximate surface area is 152 Å². The van der Waals surface area contributed by atoms with Crippen LogP contribution in [0.25, 0.3) is 5.78 Å². The van der Waals surface area contributed by atoms with E-state index >= 15 is 0 Å². The normalized spacial score (nSPS) is 17.2. The Morgan fingerprint density at radius 3 is 2.81 bits per heavy atom. The van der Waals surface area contributed by atoms with Crippen LogP contribution in [-0.2, 0) is 11.2 Å². The fourth-order valence-corrected chi connectivity index (χ4v) is 3.87. The van der Waals surface area contributed by atoms with Crippen LogP contribution in [0.4, 0.5) is 0 Å². The summed E-state index contributed by atoms with van der Waals surface area (Å²) in [5.41, 5.74) is 4.35. The number of hydrogen-bond donors (Lipinski definition) is 0. The lowest BCUT2D eigenvalue weighted by atomic mass is 9.99. The van der Waals surface area contributed by atoms with Gasteiger partial charge in [-0.2, -0.15) is 4.98 Å². The average molecular weight is 349 g/mol. The molecule has 0 aliphatic carbocycles. The maximum atomic E-state index is 13.0. The van der Waals surface area contributed by atoms with Crippen LogP contribution in [0.2, 0.25) is 0 Å². The third-order valence-electron chi connectivity index (χ3n) is 5.09. The van der Waals surface area contributed by atoms with E-state index in [0.717, 1.165) is 30.8 Å². The van der Waals surface area contributed by atoms with Crippen LogP contribution in [0.3, 0.4) is 0 Å². The van der Waals surface area contributed by atoms with E-state index < -0.39 is 0 Å². The van der Waals surface area contributed by atoms with Gasteiger partial charge in [0, 0.05) is 17.9 Å². The van der Waals surface area contributed by atoms with Gasteiger partial charge in [-0.3, -0.25) is 4.79 Å². The molecule has 1 aliphatic heterocycles. The highest BCUT2D eigenvalue weighted by Crippen LogP contribution is 2.33. The summed E-state index contributed by atoms with van der Waals surface area (Å²) >= 11 is 0. The van der Waals surface area contributed by atoms with Crippen molar-refractivity contribution in [3.8, 4) is 0 Å². The Balaban J connectivity index is 1.58. The van der Waals surface area contributed by atoms with E-state index in [9.17, 15) is 4.79 Å². The van der Waals surface area contributed by atoms with Crippen LogP contribution in [0.15, 0.2) is 30.3 Å². The second kappa shape index (κ2) is 6.52. The minimum absolute atomic E-state index is 0.0843. The minimum atomic E-state index is 0.0843. The molecule has 6 nitrogen and oxygen atoms in total. The number of aryl methyl sites for hydroxylation is 3. The van der Waals surface area contributed by atoms with Crippen molar-refractivity contribution in [1.82, 2.24) is 24.5 Å². The second-order valence-corrected chi connectivity index (χ2v) is 7.06. The SMILES string of the molecule is Cc1cc(C)n2nc(CC(=O)N3CCCC3c3ccccc3C)nc2n1. The first-order chi connectivity index (χ1) is 12.5. The molecule has 0 radical (unpaired) electrons. The molecule has 1 atom stereocenters. The number of rotatable bonds is 3. The predicted molar refractivity (Wildman–Crippen MR) is 98.8 cm³/mol. The van der Waals surface area contributed by atoms with Gasteiger partial charge in [0.15, 0.2) is 5.82 Å².